The zero-order valence-electron chi connectivity index (χ0n) is 7.11. The predicted octanol–water partition coefficient (Wildman–Crippen LogP) is -0.223. The Labute approximate surface area is 73.2 Å². The van der Waals surface area contributed by atoms with E-state index in [9.17, 15) is 4.57 Å². The molecule has 3 nitrogen and oxygen atoms in total. The Morgan fingerprint density at radius 3 is 2.17 bits per heavy atom. The zero-order valence-corrected chi connectivity index (χ0v) is 8.11. The van der Waals surface area contributed by atoms with Crippen molar-refractivity contribution in [2.75, 3.05) is 6.66 Å². The molecule has 1 atom stereocenters. The van der Waals surface area contributed by atoms with Gasteiger partial charge in [0.25, 0.3) is 0 Å². The van der Waals surface area contributed by atoms with Gasteiger partial charge in [0, 0.05) is 5.30 Å². The topological polar surface area (TPSA) is 57.5 Å². The van der Waals surface area contributed by atoms with Gasteiger partial charge >= 0.3 is 0 Å². The van der Waals surface area contributed by atoms with E-state index in [1.807, 2.05) is 32.1 Å². The quantitative estimate of drug-likeness (QED) is 0.276. The van der Waals surface area contributed by atoms with Gasteiger partial charge in [-0.2, -0.15) is 0 Å². The molecule has 0 aliphatic rings. The van der Waals surface area contributed by atoms with Gasteiger partial charge in [0.15, 0.2) is 0 Å². The lowest BCUT2D eigenvalue weighted by molar-refractivity contribution is -0.176. The number of hydrogen-bond donors (Lipinski definition) is 2. The largest absolute Gasteiger partial charge is 0.322 e. The Morgan fingerprint density at radius 2 is 1.83 bits per heavy atom. The van der Waals surface area contributed by atoms with E-state index in [0.717, 1.165) is 10.8 Å². The van der Waals surface area contributed by atoms with Gasteiger partial charge < -0.3 is 4.57 Å². The van der Waals surface area contributed by atoms with Crippen LogP contribution >= 0.6 is 7.80 Å². The molecule has 0 aliphatic heterocycles. The molecule has 0 spiro atoms. The standard InChI is InChI=1S/C7H10BOP.H2O2/c1-10(9)7-5-3-2-4-6(7)8;1-2/h2-5,10H,8H2,1H3;1-2H. The summed E-state index contributed by atoms with van der Waals surface area (Å²) in [5.74, 6) is 0. The summed E-state index contributed by atoms with van der Waals surface area (Å²) < 4.78 is 11.1. The van der Waals surface area contributed by atoms with E-state index < -0.39 is 7.80 Å². The van der Waals surface area contributed by atoms with Gasteiger partial charge in [-0.3, -0.25) is 10.5 Å². The van der Waals surface area contributed by atoms with Crippen LogP contribution in [0.25, 0.3) is 0 Å². The first-order valence-corrected chi connectivity index (χ1v) is 5.39. The summed E-state index contributed by atoms with van der Waals surface area (Å²) in [5, 5.41) is 13.0. The van der Waals surface area contributed by atoms with Crippen LogP contribution in [0.3, 0.4) is 0 Å². The molecule has 1 aromatic carbocycles. The van der Waals surface area contributed by atoms with E-state index in [1.165, 1.54) is 0 Å². The van der Waals surface area contributed by atoms with Crippen LogP contribution in [0.5, 0.6) is 0 Å². The highest BCUT2D eigenvalue weighted by Crippen LogP contribution is 2.09. The minimum Gasteiger partial charge on any atom is -0.322 e. The van der Waals surface area contributed by atoms with Crippen molar-refractivity contribution in [3.63, 3.8) is 0 Å². The fourth-order valence-corrected chi connectivity index (χ4v) is 1.94. The van der Waals surface area contributed by atoms with Crippen molar-refractivity contribution in [3.05, 3.63) is 24.3 Å². The fourth-order valence-electron chi connectivity index (χ4n) is 0.968. The Balaban J connectivity index is 0.000000561. The summed E-state index contributed by atoms with van der Waals surface area (Å²) >= 11 is 0. The van der Waals surface area contributed by atoms with Crippen LogP contribution < -0.4 is 10.8 Å². The maximum atomic E-state index is 11.1. The van der Waals surface area contributed by atoms with E-state index in [0.29, 0.717) is 0 Å². The fraction of sp³-hybridized carbons (Fsp3) is 0.143. The average Bonchev–Trinajstić information content (AvgIpc) is 2.08. The van der Waals surface area contributed by atoms with Crippen LogP contribution in [0, 0.1) is 0 Å². The van der Waals surface area contributed by atoms with E-state index in [2.05, 4.69) is 0 Å². The molecule has 5 heteroatoms. The molecule has 0 aromatic heterocycles. The third kappa shape index (κ3) is 3.22. The third-order valence-electron chi connectivity index (χ3n) is 1.52. The van der Waals surface area contributed by atoms with Gasteiger partial charge in [0.05, 0.1) is 0 Å². The normalized spacial score (nSPS) is 11.2. The first-order valence-electron chi connectivity index (χ1n) is 3.48. The SMILES string of the molecule is Bc1ccccc1[PH](C)=O.OO. The molecule has 0 aliphatic carbocycles. The minimum absolute atomic E-state index is 1.01. The van der Waals surface area contributed by atoms with Crippen LogP contribution in [0.4, 0.5) is 0 Å². The van der Waals surface area contributed by atoms with Crippen molar-refractivity contribution >= 4 is 26.4 Å². The lowest BCUT2D eigenvalue weighted by atomic mass is 9.97. The summed E-state index contributed by atoms with van der Waals surface area (Å²) in [6.07, 6.45) is 0. The Kier molecular flexibility index (Phi) is 5.72. The molecule has 12 heavy (non-hydrogen) atoms. The Morgan fingerprint density at radius 1 is 1.33 bits per heavy atom. The highest BCUT2D eigenvalue weighted by Gasteiger charge is 1.97. The maximum Gasteiger partial charge on any atom is 0.140 e. The van der Waals surface area contributed by atoms with Crippen molar-refractivity contribution in [2.45, 2.75) is 0 Å². The van der Waals surface area contributed by atoms with Gasteiger partial charge in [-0.15, -0.1) is 0 Å². The van der Waals surface area contributed by atoms with E-state index >= 15 is 0 Å². The maximum absolute atomic E-state index is 11.1. The summed E-state index contributed by atoms with van der Waals surface area (Å²) in [7, 11) is 0.495. The summed E-state index contributed by atoms with van der Waals surface area (Å²) in [5.41, 5.74) is 1.13. The second kappa shape index (κ2) is 6.01. The first kappa shape index (κ1) is 11.4. The van der Waals surface area contributed by atoms with E-state index in [1.54, 1.807) is 6.66 Å². The molecule has 0 saturated carbocycles. The van der Waals surface area contributed by atoms with Crippen LogP contribution in [0.15, 0.2) is 24.3 Å². The van der Waals surface area contributed by atoms with Gasteiger partial charge in [0.2, 0.25) is 0 Å². The summed E-state index contributed by atoms with van der Waals surface area (Å²) in [6, 6.07) is 7.80. The highest BCUT2D eigenvalue weighted by atomic mass is 31.1. The zero-order chi connectivity index (χ0) is 9.56. The van der Waals surface area contributed by atoms with Crippen LogP contribution in [0.1, 0.15) is 0 Å². The smallest absolute Gasteiger partial charge is 0.140 e. The van der Waals surface area contributed by atoms with Crippen molar-refractivity contribution in [2.24, 2.45) is 0 Å². The lowest BCUT2D eigenvalue weighted by Crippen LogP contribution is -2.20. The second-order valence-corrected chi connectivity index (χ2v) is 4.02. The average molecular weight is 186 g/mol. The molecule has 2 N–H and O–H groups in total. The number of benzene rings is 1. The lowest BCUT2D eigenvalue weighted by Gasteiger charge is -1.99. The molecule has 66 valence electrons. The molecule has 1 aromatic rings. The van der Waals surface area contributed by atoms with Gasteiger partial charge in [-0.05, 0) is 6.66 Å². The van der Waals surface area contributed by atoms with Crippen LogP contribution in [0.2, 0.25) is 0 Å². The molecular formula is C7H12BO3P. The van der Waals surface area contributed by atoms with Crippen molar-refractivity contribution in [1.29, 1.82) is 0 Å². The van der Waals surface area contributed by atoms with E-state index in [-0.39, 0.29) is 0 Å². The summed E-state index contributed by atoms with van der Waals surface area (Å²) in [6.45, 7) is 1.77. The first-order chi connectivity index (χ1) is 5.72. The van der Waals surface area contributed by atoms with Gasteiger partial charge in [-0.1, -0.05) is 29.7 Å². The predicted molar refractivity (Wildman–Crippen MR) is 54.4 cm³/mol. The molecule has 1 unspecified atom stereocenters. The van der Waals surface area contributed by atoms with Gasteiger partial charge in [-0.25, -0.2) is 0 Å². The Bertz CT molecular complexity index is 265. The third-order valence-corrected chi connectivity index (χ3v) is 2.84. The molecule has 0 fully saturated rings. The molecular weight excluding hydrogens is 174 g/mol. The molecule has 0 heterocycles. The Hall–Kier alpha value is -0.565. The number of rotatable bonds is 1. The van der Waals surface area contributed by atoms with Crippen LogP contribution in [-0.2, 0) is 4.57 Å². The highest BCUT2D eigenvalue weighted by molar-refractivity contribution is 7.53. The molecule has 0 saturated heterocycles. The van der Waals surface area contributed by atoms with Crippen molar-refractivity contribution < 1.29 is 15.1 Å². The van der Waals surface area contributed by atoms with Crippen molar-refractivity contribution in [3.8, 4) is 0 Å². The molecule has 0 bridgehead atoms. The van der Waals surface area contributed by atoms with Crippen LogP contribution in [-0.4, -0.2) is 25.0 Å². The van der Waals surface area contributed by atoms with Gasteiger partial charge in [0.1, 0.15) is 15.6 Å². The number of hydrogen-bond acceptors (Lipinski definition) is 3. The second-order valence-electron chi connectivity index (χ2n) is 2.37. The molecule has 0 radical (unpaired) electrons. The monoisotopic (exact) mass is 186 g/mol. The van der Waals surface area contributed by atoms with E-state index in [4.69, 9.17) is 10.5 Å². The molecule has 1 rings (SSSR count). The summed E-state index contributed by atoms with van der Waals surface area (Å²) in [4.78, 5) is 0. The molecule has 0 amide bonds. The van der Waals surface area contributed by atoms with Crippen molar-refractivity contribution in [1.82, 2.24) is 0 Å². The minimum atomic E-state index is -1.49.